The summed E-state index contributed by atoms with van der Waals surface area (Å²) in [6.45, 7) is 10.4. The minimum absolute atomic E-state index is 0.645. The fourth-order valence-corrected chi connectivity index (χ4v) is 2.30. The molecule has 0 saturated carbocycles. The molecule has 0 amide bonds. The van der Waals surface area contributed by atoms with E-state index in [2.05, 4.69) is 26.9 Å². The average molecular weight is 209 g/mol. The fourth-order valence-electron chi connectivity index (χ4n) is 0.914. The third kappa shape index (κ3) is 10.5. The Kier molecular flexibility index (Phi) is 6.24. The molecular formula is C9H21ClOSi. The number of hydrogen-bond acceptors (Lipinski definition) is 1. The van der Waals surface area contributed by atoms with Crippen LogP contribution in [0.1, 0.15) is 20.3 Å². The molecule has 12 heavy (non-hydrogen) atoms. The Balaban J connectivity index is 3.12. The van der Waals surface area contributed by atoms with E-state index in [0.29, 0.717) is 5.92 Å². The van der Waals surface area contributed by atoms with E-state index in [4.69, 9.17) is 15.8 Å². The standard InChI is InChI=1S/C9H21ClOSi/c1-9(2)8-11-6-5-7-12(3,4)10/h9H,5-8H2,1-4H3. The topological polar surface area (TPSA) is 9.23 Å². The molecule has 0 saturated heterocycles. The maximum Gasteiger partial charge on any atom is 0.150 e. The van der Waals surface area contributed by atoms with Gasteiger partial charge in [0.15, 0.2) is 7.38 Å². The molecule has 3 heteroatoms. The third-order valence-corrected chi connectivity index (χ3v) is 3.62. The Morgan fingerprint density at radius 3 is 2.33 bits per heavy atom. The van der Waals surface area contributed by atoms with E-state index in [1.54, 1.807) is 0 Å². The molecule has 0 bridgehead atoms. The normalized spacial score (nSPS) is 12.5. The van der Waals surface area contributed by atoms with Crippen LogP contribution in [-0.4, -0.2) is 20.6 Å². The summed E-state index contributed by atoms with van der Waals surface area (Å²) in [6.07, 6.45) is 1.12. The minimum atomic E-state index is -1.34. The first-order valence-electron chi connectivity index (χ1n) is 4.68. The van der Waals surface area contributed by atoms with Crippen LogP contribution >= 0.6 is 11.1 Å². The van der Waals surface area contributed by atoms with Gasteiger partial charge >= 0.3 is 0 Å². The maximum atomic E-state index is 6.16. The molecule has 0 radical (unpaired) electrons. The molecule has 0 fully saturated rings. The zero-order chi connectivity index (χ0) is 9.61. The van der Waals surface area contributed by atoms with Crippen molar-refractivity contribution < 1.29 is 4.74 Å². The van der Waals surface area contributed by atoms with Gasteiger partial charge < -0.3 is 4.74 Å². The lowest BCUT2D eigenvalue weighted by atomic mass is 10.2. The van der Waals surface area contributed by atoms with Crippen LogP contribution < -0.4 is 0 Å². The summed E-state index contributed by atoms with van der Waals surface area (Å²) in [5.74, 6) is 0.645. The van der Waals surface area contributed by atoms with Crippen molar-refractivity contribution in [2.45, 2.75) is 39.4 Å². The van der Waals surface area contributed by atoms with Crippen LogP contribution in [0.3, 0.4) is 0 Å². The van der Waals surface area contributed by atoms with E-state index in [0.717, 1.165) is 25.7 Å². The molecule has 0 unspecified atom stereocenters. The van der Waals surface area contributed by atoms with Crippen molar-refractivity contribution >= 4 is 18.5 Å². The molecule has 0 spiro atoms. The SMILES string of the molecule is CC(C)COCCC[Si](C)(C)Cl. The Morgan fingerprint density at radius 1 is 1.33 bits per heavy atom. The summed E-state index contributed by atoms with van der Waals surface area (Å²) in [5.41, 5.74) is 0. The van der Waals surface area contributed by atoms with Crippen molar-refractivity contribution in [1.29, 1.82) is 0 Å². The first-order chi connectivity index (χ1) is 5.42. The summed E-state index contributed by atoms with van der Waals surface area (Å²) in [6, 6.07) is 1.16. The summed E-state index contributed by atoms with van der Waals surface area (Å²) < 4.78 is 5.45. The van der Waals surface area contributed by atoms with Crippen LogP contribution in [-0.2, 0) is 4.74 Å². The van der Waals surface area contributed by atoms with E-state index in [9.17, 15) is 0 Å². The van der Waals surface area contributed by atoms with Crippen molar-refractivity contribution in [1.82, 2.24) is 0 Å². The molecule has 0 aromatic rings. The monoisotopic (exact) mass is 208 g/mol. The van der Waals surface area contributed by atoms with E-state index >= 15 is 0 Å². The molecule has 1 nitrogen and oxygen atoms in total. The molecule has 0 aliphatic carbocycles. The molecule has 0 heterocycles. The highest BCUT2D eigenvalue weighted by atomic mass is 35.6. The molecule has 0 N–H and O–H groups in total. The highest BCUT2D eigenvalue weighted by Gasteiger charge is 2.15. The molecule has 0 aromatic heterocycles. The number of hydrogen-bond donors (Lipinski definition) is 0. The van der Waals surface area contributed by atoms with Crippen molar-refractivity contribution in [3.05, 3.63) is 0 Å². The number of halogens is 1. The van der Waals surface area contributed by atoms with Gasteiger partial charge in [0.2, 0.25) is 0 Å². The average Bonchev–Trinajstić information content (AvgIpc) is 1.83. The third-order valence-electron chi connectivity index (χ3n) is 1.51. The Hall–Kier alpha value is 0.467. The zero-order valence-corrected chi connectivity index (χ0v) is 10.4. The predicted octanol–water partition coefficient (Wildman–Crippen LogP) is 3.49. The van der Waals surface area contributed by atoms with Crippen molar-refractivity contribution in [2.24, 2.45) is 5.92 Å². The second-order valence-corrected chi connectivity index (χ2v) is 11.3. The molecule has 0 rings (SSSR count). The lowest BCUT2D eigenvalue weighted by Crippen LogP contribution is -2.16. The van der Waals surface area contributed by atoms with Crippen LogP contribution in [0.5, 0.6) is 0 Å². The lowest BCUT2D eigenvalue weighted by Gasteiger charge is -2.12. The number of ether oxygens (including phenoxy) is 1. The maximum absolute atomic E-state index is 6.16. The molecule has 74 valence electrons. The summed E-state index contributed by atoms with van der Waals surface area (Å²) in [7, 11) is -1.34. The first kappa shape index (κ1) is 12.5. The van der Waals surface area contributed by atoms with E-state index in [1.165, 1.54) is 0 Å². The summed E-state index contributed by atoms with van der Waals surface area (Å²) in [5, 5.41) is 0. The van der Waals surface area contributed by atoms with Crippen LogP contribution in [0.15, 0.2) is 0 Å². The van der Waals surface area contributed by atoms with Crippen LogP contribution in [0, 0.1) is 5.92 Å². The molecule has 0 aliphatic heterocycles. The molecule has 0 aliphatic rings. The smallest absolute Gasteiger partial charge is 0.150 e. The largest absolute Gasteiger partial charge is 0.381 e. The van der Waals surface area contributed by atoms with Gasteiger partial charge in [0.1, 0.15) is 0 Å². The van der Waals surface area contributed by atoms with Gasteiger partial charge in [-0.25, -0.2) is 0 Å². The molecule has 0 aromatic carbocycles. The Bertz CT molecular complexity index is 110. The highest BCUT2D eigenvalue weighted by molar-refractivity contribution is 7.19. The number of rotatable bonds is 6. The van der Waals surface area contributed by atoms with Gasteiger partial charge in [-0.2, -0.15) is 11.1 Å². The van der Waals surface area contributed by atoms with Crippen LogP contribution in [0.25, 0.3) is 0 Å². The van der Waals surface area contributed by atoms with Gasteiger partial charge in [-0.05, 0) is 18.4 Å². The quantitative estimate of drug-likeness (QED) is 0.369. The van der Waals surface area contributed by atoms with Crippen LogP contribution in [0.2, 0.25) is 19.1 Å². The summed E-state index contributed by atoms with van der Waals surface area (Å²) in [4.78, 5) is 0. The Labute approximate surface area is 82.2 Å². The second-order valence-electron chi connectivity index (χ2n) is 4.29. The van der Waals surface area contributed by atoms with Crippen LogP contribution in [0.4, 0.5) is 0 Å². The molecular weight excluding hydrogens is 188 g/mol. The van der Waals surface area contributed by atoms with E-state index < -0.39 is 7.38 Å². The van der Waals surface area contributed by atoms with Crippen molar-refractivity contribution in [2.75, 3.05) is 13.2 Å². The van der Waals surface area contributed by atoms with Gasteiger partial charge in [-0.15, -0.1) is 0 Å². The van der Waals surface area contributed by atoms with Gasteiger partial charge in [-0.3, -0.25) is 0 Å². The fraction of sp³-hybridized carbons (Fsp3) is 1.00. The van der Waals surface area contributed by atoms with Gasteiger partial charge in [-0.1, -0.05) is 26.9 Å². The first-order valence-corrected chi connectivity index (χ1v) is 8.90. The summed E-state index contributed by atoms with van der Waals surface area (Å²) >= 11 is 6.16. The van der Waals surface area contributed by atoms with Crippen molar-refractivity contribution in [3.63, 3.8) is 0 Å². The zero-order valence-electron chi connectivity index (χ0n) is 8.69. The predicted molar refractivity (Wildman–Crippen MR) is 58.4 cm³/mol. The lowest BCUT2D eigenvalue weighted by molar-refractivity contribution is 0.110. The van der Waals surface area contributed by atoms with E-state index in [1.807, 2.05) is 0 Å². The van der Waals surface area contributed by atoms with Gasteiger partial charge in [0.25, 0.3) is 0 Å². The second kappa shape index (κ2) is 6.00. The van der Waals surface area contributed by atoms with Gasteiger partial charge in [0, 0.05) is 13.2 Å². The Morgan fingerprint density at radius 2 is 1.92 bits per heavy atom. The van der Waals surface area contributed by atoms with E-state index in [-0.39, 0.29) is 0 Å². The highest BCUT2D eigenvalue weighted by Crippen LogP contribution is 2.15. The molecule has 0 atom stereocenters. The van der Waals surface area contributed by atoms with Crippen molar-refractivity contribution in [3.8, 4) is 0 Å². The van der Waals surface area contributed by atoms with Gasteiger partial charge in [0.05, 0.1) is 0 Å². The minimum Gasteiger partial charge on any atom is -0.381 e.